The van der Waals surface area contributed by atoms with E-state index in [0.29, 0.717) is 0 Å². The molecule has 4 aromatic rings. The highest BCUT2D eigenvalue weighted by atomic mass is 35.5. The number of hydrogen-bond donors (Lipinski definition) is 0. The summed E-state index contributed by atoms with van der Waals surface area (Å²) in [6.45, 7) is 2.57. The van der Waals surface area contributed by atoms with E-state index < -0.39 is 10.8 Å². The largest absolute Gasteiger partial charge is 0.328 e. The van der Waals surface area contributed by atoms with Gasteiger partial charge in [-0.2, -0.15) is 5.10 Å². The van der Waals surface area contributed by atoms with Gasteiger partial charge in [-0.25, -0.2) is 4.68 Å². The Morgan fingerprint density at radius 3 is 2.56 bits per heavy atom. The third kappa shape index (κ3) is 3.25. The highest BCUT2D eigenvalue weighted by Crippen LogP contribution is 2.33. The lowest BCUT2D eigenvalue weighted by Crippen LogP contribution is -2.27. The summed E-state index contributed by atoms with van der Waals surface area (Å²) in [6.07, 6.45) is 3.86. The van der Waals surface area contributed by atoms with Gasteiger partial charge in [-0.05, 0) is 42.8 Å². The number of aryl methyl sites for hydroxylation is 1. The molecule has 1 aliphatic heterocycles. The summed E-state index contributed by atoms with van der Waals surface area (Å²) in [6, 6.07) is 15.8. The second kappa shape index (κ2) is 7.65. The van der Waals surface area contributed by atoms with E-state index in [0.717, 1.165) is 28.3 Å². The number of amides is 1. The zero-order valence-corrected chi connectivity index (χ0v) is 17.9. The molecule has 1 amide bonds. The minimum atomic E-state index is -0.567. The first-order valence-electron chi connectivity index (χ1n) is 9.97. The molecule has 0 N–H and O–H groups in total. The van der Waals surface area contributed by atoms with Gasteiger partial charge in [0.15, 0.2) is 0 Å². The Hall–Kier alpha value is -3.91. The smallest absolute Gasteiger partial charge is 0.282 e. The molecule has 0 unspecified atom stereocenters. The first-order chi connectivity index (χ1) is 15.4. The number of rotatable bonds is 4. The summed E-state index contributed by atoms with van der Waals surface area (Å²) in [5, 5.41) is 16.5. The Morgan fingerprint density at radius 2 is 1.84 bits per heavy atom. The van der Waals surface area contributed by atoms with Crippen LogP contribution in [-0.2, 0) is 13.1 Å². The Kier molecular flexibility index (Phi) is 4.79. The van der Waals surface area contributed by atoms with E-state index in [1.54, 1.807) is 4.90 Å². The van der Waals surface area contributed by atoms with Crippen LogP contribution in [0, 0.1) is 17.0 Å². The van der Waals surface area contributed by atoms with E-state index in [9.17, 15) is 14.9 Å². The van der Waals surface area contributed by atoms with Crippen LogP contribution in [0.3, 0.4) is 0 Å². The van der Waals surface area contributed by atoms with Crippen LogP contribution >= 0.6 is 11.6 Å². The van der Waals surface area contributed by atoms with Gasteiger partial charge in [0.25, 0.3) is 11.6 Å². The SMILES string of the molecule is Cc1ccccc1-n1nc2c(c1-n1cccc1)CN(C(=O)c1cc(Cl)ccc1[N+](=O)[O-])C2. The van der Waals surface area contributed by atoms with Gasteiger partial charge in [0.2, 0.25) is 0 Å². The maximum absolute atomic E-state index is 13.2. The number of nitrogens with zero attached hydrogens (tertiary/aromatic N) is 5. The molecule has 0 aliphatic carbocycles. The molecule has 0 spiro atoms. The van der Waals surface area contributed by atoms with Crippen LogP contribution in [0.2, 0.25) is 5.02 Å². The molecule has 8 nitrogen and oxygen atoms in total. The minimum absolute atomic E-state index is 0.0260. The van der Waals surface area contributed by atoms with Gasteiger partial charge in [0.05, 0.1) is 29.4 Å². The zero-order valence-electron chi connectivity index (χ0n) is 17.1. The van der Waals surface area contributed by atoms with Crippen LogP contribution in [0.4, 0.5) is 5.69 Å². The van der Waals surface area contributed by atoms with E-state index in [2.05, 4.69) is 0 Å². The van der Waals surface area contributed by atoms with Gasteiger partial charge in [0.1, 0.15) is 11.4 Å². The van der Waals surface area contributed by atoms with Gasteiger partial charge >= 0.3 is 0 Å². The number of carbonyl (C=O) groups excluding carboxylic acids is 1. The van der Waals surface area contributed by atoms with Crippen LogP contribution in [0.25, 0.3) is 11.5 Å². The van der Waals surface area contributed by atoms with E-state index in [1.807, 2.05) is 65.0 Å². The molecule has 0 fully saturated rings. The molecule has 0 saturated carbocycles. The average Bonchev–Trinajstić information content (AvgIpc) is 3.49. The van der Waals surface area contributed by atoms with Gasteiger partial charge in [-0.3, -0.25) is 14.9 Å². The van der Waals surface area contributed by atoms with Gasteiger partial charge in [-0.1, -0.05) is 29.8 Å². The zero-order chi connectivity index (χ0) is 22.4. The lowest BCUT2D eigenvalue weighted by atomic mass is 10.1. The lowest BCUT2D eigenvalue weighted by molar-refractivity contribution is -0.385. The molecular weight excluding hydrogens is 430 g/mol. The fourth-order valence-corrected chi connectivity index (χ4v) is 4.24. The fraction of sp³-hybridized carbons (Fsp3) is 0.130. The summed E-state index contributed by atoms with van der Waals surface area (Å²) >= 11 is 6.02. The Balaban J connectivity index is 1.57. The molecule has 2 aromatic heterocycles. The predicted octanol–water partition coefficient (Wildman–Crippen LogP) is 4.69. The number of fused-ring (bicyclic) bond motifs is 1. The molecule has 0 saturated heterocycles. The number of aromatic nitrogens is 3. The number of halogens is 1. The van der Waals surface area contributed by atoms with Crippen molar-refractivity contribution in [3.8, 4) is 11.5 Å². The van der Waals surface area contributed by atoms with E-state index >= 15 is 0 Å². The number of nitro groups is 1. The van der Waals surface area contributed by atoms with Crippen LogP contribution < -0.4 is 0 Å². The van der Waals surface area contributed by atoms with Crippen LogP contribution in [-0.4, -0.2) is 30.1 Å². The number of nitro benzene ring substituents is 1. The van der Waals surface area contributed by atoms with Crippen molar-refractivity contribution in [1.29, 1.82) is 0 Å². The van der Waals surface area contributed by atoms with Gasteiger partial charge < -0.3 is 9.47 Å². The summed E-state index contributed by atoms with van der Waals surface area (Å²) in [5.41, 5.74) is 3.40. The van der Waals surface area contributed by atoms with Crippen molar-refractivity contribution in [2.75, 3.05) is 0 Å². The van der Waals surface area contributed by atoms with E-state index in [1.165, 1.54) is 18.2 Å². The minimum Gasteiger partial charge on any atom is -0.328 e. The first kappa shape index (κ1) is 20.0. The standard InChI is InChI=1S/C23H18ClN5O3/c1-15-6-2-3-7-20(15)28-22(26-10-4-5-11-26)18-13-27(14-19(18)25-28)23(30)17-12-16(24)8-9-21(17)29(31)32/h2-12H,13-14H2,1H3. The van der Waals surface area contributed by atoms with E-state index in [-0.39, 0.29) is 29.4 Å². The van der Waals surface area contributed by atoms with Gasteiger partial charge in [0, 0.05) is 29.0 Å². The highest BCUT2D eigenvalue weighted by molar-refractivity contribution is 6.31. The maximum Gasteiger partial charge on any atom is 0.282 e. The molecule has 0 bridgehead atoms. The summed E-state index contributed by atoms with van der Waals surface area (Å²) in [4.78, 5) is 25.6. The third-order valence-corrected chi connectivity index (χ3v) is 5.83. The highest BCUT2D eigenvalue weighted by Gasteiger charge is 2.34. The first-order valence-corrected chi connectivity index (χ1v) is 10.3. The Morgan fingerprint density at radius 1 is 1.09 bits per heavy atom. The number of para-hydroxylation sites is 1. The quantitative estimate of drug-likeness (QED) is 0.335. The monoisotopic (exact) mass is 447 g/mol. The normalized spacial score (nSPS) is 12.8. The van der Waals surface area contributed by atoms with Crippen molar-refractivity contribution < 1.29 is 9.72 Å². The third-order valence-electron chi connectivity index (χ3n) is 5.59. The van der Waals surface area contributed by atoms with Crippen molar-refractivity contribution in [2.45, 2.75) is 20.0 Å². The molecule has 1 aliphatic rings. The second-order valence-electron chi connectivity index (χ2n) is 7.62. The van der Waals surface area contributed by atoms with Crippen LogP contribution in [0.15, 0.2) is 67.0 Å². The number of hydrogen-bond acceptors (Lipinski definition) is 4. The maximum atomic E-state index is 13.2. The van der Waals surface area contributed by atoms with E-state index in [4.69, 9.17) is 16.7 Å². The number of carbonyl (C=O) groups is 1. The Labute approximate surface area is 188 Å². The molecule has 32 heavy (non-hydrogen) atoms. The molecule has 5 rings (SSSR count). The van der Waals surface area contributed by atoms with Crippen molar-refractivity contribution in [3.05, 3.63) is 105 Å². The molecule has 3 heterocycles. The topological polar surface area (TPSA) is 86.2 Å². The Bertz CT molecular complexity index is 1360. The summed E-state index contributed by atoms with van der Waals surface area (Å²) in [7, 11) is 0. The molecule has 0 atom stereocenters. The van der Waals surface area contributed by atoms with Crippen molar-refractivity contribution in [1.82, 2.24) is 19.2 Å². The summed E-state index contributed by atoms with van der Waals surface area (Å²) < 4.78 is 3.86. The lowest BCUT2D eigenvalue weighted by Gasteiger charge is -2.18. The van der Waals surface area contributed by atoms with Crippen LogP contribution in [0.5, 0.6) is 0 Å². The number of benzene rings is 2. The van der Waals surface area contributed by atoms with Gasteiger partial charge in [-0.15, -0.1) is 0 Å². The fourth-order valence-electron chi connectivity index (χ4n) is 4.06. The van der Waals surface area contributed by atoms with Crippen molar-refractivity contribution >= 4 is 23.2 Å². The predicted molar refractivity (Wildman–Crippen MR) is 119 cm³/mol. The van der Waals surface area contributed by atoms with Crippen molar-refractivity contribution in [3.63, 3.8) is 0 Å². The molecule has 0 radical (unpaired) electrons. The van der Waals surface area contributed by atoms with Crippen LogP contribution in [0.1, 0.15) is 27.2 Å². The molecule has 2 aromatic carbocycles. The molecule has 160 valence electrons. The molecule has 9 heteroatoms. The second-order valence-corrected chi connectivity index (χ2v) is 8.05. The van der Waals surface area contributed by atoms with Crippen molar-refractivity contribution in [2.24, 2.45) is 0 Å². The summed E-state index contributed by atoms with van der Waals surface area (Å²) in [5.74, 6) is 0.397. The molecular formula is C23H18ClN5O3. The average molecular weight is 448 g/mol.